The number of imide groups is 1. The molecule has 2 aromatic carbocycles. The Morgan fingerprint density at radius 1 is 0.852 bits per heavy atom. The van der Waals surface area contributed by atoms with Crippen molar-refractivity contribution in [3.05, 3.63) is 54.3 Å². The minimum absolute atomic E-state index is 0.148. The number of benzene rings is 2. The summed E-state index contributed by atoms with van der Waals surface area (Å²) in [5.41, 5.74) is 1.44. The summed E-state index contributed by atoms with van der Waals surface area (Å²) >= 11 is 0. The molecule has 2 aromatic rings. The molecule has 27 heavy (non-hydrogen) atoms. The molecule has 0 aliphatic carbocycles. The Balaban J connectivity index is 1.43. The van der Waals surface area contributed by atoms with Crippen LogP contribution in [0, 0.1) is 5.82 Å². The molecule has 4 rings (SSSR count). The van der Waals surface area contributed by atoms with E-state index in [9.17, 15) is 19.1 Å². The van der Waals surface area contributed by atoms with Crippen LogP contribution in [-0.4, -0.2) is 54.0 Å². The van der Waals surface area contributed by atoms with E-state index >= 15 is 0 Å². The predicted octanol–water partition coefficient (Wildman–Crippen LogP) is 1.99. The summed E-state index contributed by atoms with van der Waals surface area (Å²) in [5, 5.41) is 9.41. The monoisotopic (exact) mass is 369 g/mol. The number of anilines is 2. The quantitative estimate of drug-likeness (QED) is 0.839. The van der Waals surface area contributed by atoms with E-state index in [0.29, 0.717) is 18.8 Å². The third-order valence-electron chi connectivity index (χ3n) is 5.18. The highest BCUT2D eigenvalue weighted by molar-refractivity contribution is 6.22. The van der Waals surface area contributed by atoms with Crippen LogP contribution in [0.1, 0.15) is 6.42 Å². The van der Waals surface area contributed by atoms with Gasteiger partial charge in [0.15, 0.2) is 0 Å². The SMILES string of the molecule is O=C1C[C@H](N2CCN(c3ccc(O)cc3)CC2)C(=O)N1c1ccc(F)cc1. The largest absolute Gasteiger partial charge is 0.508 e. The Hall–Kier alpha value is -2.93. The normalized spacial score (nSPS) is 21.1. The average Bonchev–Trinajstić information content (AvgIpc) is 2.98. The second-order valence-electron chi connectivity index (χ2n) is 6.80. The zero-order valence-corrected chi connectivity index (χ0v) is 14.7. The lowest BCUT2D eigenvalue weighted by Gasteiger charge is -2.38. The van der Waals surface area contributed by atoms with Crippen molar-refractivity contribution in [3.63, 3.8) is 0 Å². The van der Waals surface area contributed by atoms with Gasteiger partial charge in [-0.2, -0.15) is 0 Å². The summed E-state index contributed by atoms with van der Waals surface area (Å²) in [5.74, 6) is -0.671. The van der Waals surface area contributed by atoms with E-state index < -0.39 is 11.9 Å². The molecule has 2 aliphatic rings. The van der Waals surface area contributed by atoms with Crippen LogP contribution in [0.3, 0.4) is 0 Å². The van der Waals surface area contributed by atoms with Gasteiger partial charge in [0.05, 0.1) is 18.2 Å². The highest BCUT2D eigenvalue weighted by atomic mass is 19.1. The fraction of sp³-hybridized carbons (Fsp3) is 0.300. The number of phenolic OH excluding ortho intramolecular Hbond substituents is 1. The van der Waals surface area contributed by atoms with Crippen molar-refractivity contribution in [2.45, 2.75) is 12.5 Å². The smallest absolute Gasteiger partial charge is 0.251 e. The first-order valence-corrected chi connectivity index (χ1v) is 8.93. The summed E-state index contributed by atoms with van der Waals surface area (Å²) in [6, 6.07) is 12.0. The summed E-state index contributed by atoms with van der Waals surface area (Å²) in [7, 11) is 0. The Labute approximate surface area is 156 Å². The molecule has 0 saturated carbocycles. The number of rotatable bonds is 3. The van der Waals surface area contributed by atoms with Crippen LogP contribution in [0.25, 0.3) is 0 Å². The zero-order chi connectivity index (χ0) is 19.0. The summed E-state index contributed by atoms with van der Waals surface area (Å²) < 4.78 is 13.1. The van der Waals surface area contributed by atoms with Crippen LogP contribution in [-0.2, 0) is 9.59 Å². The van der Waals surface area contributed by atoms with Crippen LogP contribution >= 0.6 is 0 Å². The van der Waals surface area contributed by atoms with E-state index in [1.165, 1.54) is 24.3 Å². The van der Waals surface area contributed by atoms with Gasteiger partial charge in [-0.1, -0.05) is 0 Å². The van der Waals surface area contributed by atoms with Crippen LogP contribution < -0.4 is 9.80 Å². The van der Waals surface area contributed by atoms with Gasteiger partial charge in [-0.15, -0.1) is 0 Å². The number of piperazine rings is 1. The maximum Gasteiger partial charge on any atom is 0.251 e. The second-order valence-corrected chi connectivity index (χ2v) is 6.80. The number of carbonyl (C=O) groups is 2. The fourth-order valence-electron chi connectivity index (χ4n) is 3.72. The predicted molar refractivity (Wildman–Crippen MR) is 99.2 cm³/mol. The molecular weight excluding hydrogens is 349 g/mol. The number of hydrogen-bond donors (Lipinski definition) is 1. The first-order valence-electron chi connectivity index (χ1n) is 8.93. The van der Waals surface area contributed by atoms with E-state index in [1.54, 1.807) is 12.1 Å². The number of phenols is 1. The maximum atomic E-state index is 13.1. The van der Waals surface area contributed by atoms with Gasteiger partial charge in [0, 0.05) is 31.9 Å². The van der Waals surface area contributed by atoms with E-state index in [1.807, 2.05) is 17.0 Å². The Morgan fingerprint density at radius 2 is 1.44 bits per heavy atom. The second kappa shape index (κ2) is 7.00. The molecule has 0 bridgehead atoms. The van der Waals surface area contributed by atoms with Crippen molar-refractivity contribution >= 4 is 23.2 Å². The lowest BCUT2D eigenvalue weighted by atomic mass is 10.1. The van der Waals surface area contributed by atoms with Gasteiger partial charge in [-0.3, -0.25) is 14.5 Å². The van der Waals surface area contributed by atoms with E-state index in [0.717, 1.165) is 23.7 Å². The number of halogens is 1. The molecule has 7 heteroatoms. The molecule has 6 nitrogen and oxygen atoms in total. The number of hydrogen-bond acceptors (Lipinski definition) is 5. The molecule has 0 radical (unpaired) electrons. The number of aromatic hydroxyl groups is 1. The van der Waals surface area contributed by atoms with Crippen molar-refractivity contribution in [3.8, 4) is 5.75 Å². The molecule has 0 aromatic heterocycles. The standard InChI is InChI=1S/C20H20FN3O3/c21-14-1-3-16(4-2-14)24-19(26)13-18(20(24)27)23-11-9-22(10-12-23)15-5-7-17(25)8-6-15/h1-8,18,25H,9-13H2/t18-/m0/s1. The highest BCUT2D eigenvalue weighted by Crippen LogP contribution is 2.27. The molecule has 1 atom stereocenters. The third-order valence-corrected chi connectivity index (χ3v) is 5.18. The van der Waals surface area contributed by atoms with Gasteiger partial charge in [0.25, 0.3) is 5.91 Å². The van der Waals surface area contributed by atoms with E-state index in [-0.39, 0.29) is 24.0 Å². The molecule has 2 heterocycles. The molecular formula is C20H20FN3O3. The summed E-state index contributed by atoms with van der Waals surface area (Å²) in [6.45, 7) is 2.81. The molecule has 2 fully saturated rings. The van der Waals surface area contributed by atoms with Gasteiger partial charge in [-0.25, -0.2) is 9.29 Å². The third kappa shape index (κ3) is 3.38. The van der Waals surface area contributed by atoms with Crippen LogP contribution in [0.15, 0.2) is 48.5 Å². The first-order chi connectivity index (χ1) is 13.0. The number of nitrogens with zero attached hydrogens (tertiary/aromatic N) is 3. The molecule has 2 amide bonds. The Morgan fingerprint density at radius 3 is 2.07 bits per heavy atom. The summed E-state index contributed by atoms with van der Waals surface area (Å²) in [6.07, 6.45) is 0.148. The van der Waals surface area contributed by atoms with Gasteiger partial charge >= 0.3 is 0 Å². The van der Waals surface area contributed by atoms with Crippen molar-refractivity contribution < 1.29 is 19.1 Å². The molecule has 2 aliphatic heterocycles. The minimum Gasteiger partial charge on any atom is -0.508 e. The molecule has 1 N–H and O–H groups in total. The molecule has 0 unspecified atom stereocenters. The van der Waals surface area contributed by atoms with E-state index in [4.69, 9.17) is 0 Å². The van der Waals surface area contributed by atoms with Gasteiger partial charge < -0.3 is 10.0 Å². The van der Waals surface area contributed by atoms with Crippen molar-refractivity contribution in [2.24, 2.45) is 0 Å². The molecule has 140 valence electrons. The van der Waals surface area contributed by atoms with Gasteiger partial charge in [0.1, 0.15) is 11.6 Å². The highest BCUT2D eigenvalue weighted by Gasteiger charge is 2.43. The van der Waals surface area contributed by atoms with Crippen LogP contribution in [0.2, 0.25) is 0 Å². The Kier molecular flexibility index (Phi) is 4.53. The van der Waals surface area contributed by atoms with Crippen LogP contribution in [0.4, 0.5) is 15.8 Å². The topological polar surface area (TPSA) is 64.1 Å². The number of carbonyl (C=O) groups excluding carboxylic acids is 2. The van der Waals surface area contributed by atoms with Crippen LogP contribution in [0.5, 0.6) is 5.75 Å². The lowest BCUT2D eigenvalue weighted by molar-refractivity contribution is -0.123. The fourth-order valence-corrected chi connectivity index (χ4v) is 3.72. The van der Waals surface area contributed by atoms with Crippen molar-refractivity contribution in [1.29, 1.82) is 0 Å². The van der Waals surface area contributed by atoms with Crippen molar-refractivity contribution in [1.82, 2.24) is 4.90 Å². The Bertz CT molecular complexity index is 846. The molecule has 2 saturated heterocycles. The minimum atomic E-state index is -0.468. The van der Waals surface area contributed by atoms with Gasteiger partial charge in [0.2, 0.25) is 5.91 Å². The number of amides is 2. The average molecular weight is 369 g/mol. The zero-order valence-electron chi connectivity index (χ0n) is 14.7. The van der Waals surface area contributed by atoms with Crippen molar-refractivity contribution in [2.75, 3.05) is 36.0 Å². The van der Waals surface area contributed by atoms with E-state index in [2.05, 4.69) is 4.90 Å². The van der Waals surface area contributed by atoms with Gasteiger partial charge in [-0.05, 0) is 48.5 Å². The first kappa shape index (κ1) is 17.5. The summed E-state index contributed by atoms with van der Waals surface area (Å²) in [4.78, 5) is 30.6. The molecule has 0 spiro atoms. The maximum absolute atomic E-state index is 13.1. The lowest BCUT2D eigenvalue weighted by Crippen LogP contribution is -2.52.